The highest BCUT2D eigenvalue weighted by atomic mass is 35.5. The van der Waals surface area contributed by atoms with Gasteiger partial charge in [0.1, 0.15) is 11.6 Å². The Balaban J connectivity index is 1.40. The molecular weight excluding hydrogens is 431 g/mol. The molecular formula is C20H18ClFN4O5. The van der Waals surface area contributed by atoms with Gasteiger partial charge < -0.3 is 25.4 Å². The van der Waals surface area contributed by atoms with Gasteiger partial charge in [0.15, 0.2) is 0 Å². The highest BCUT2D eigenvalue weighted by Gasteiger charge is 2.49. The second-order valence-electron chi connectivity index (χ2n) is 7.26. The number of fused-ring (bicyclic) bond motifs is 1. The van der Waals surface area contributed by atoms with Crippen LogP contribution in [0.15, 0.2) is 30.5 Å². The average Bonchev–Trinajstić information content (AvgIpc) is 3.00. The standard InChI is InChI=1S/C20H18ClFN4O5/c21-13-5-11(6-14(22)8-13)9-24-19(29)31-20(30)3-4-26(18(20)28)15-7-12-1-2-16(27)25-17(12)23-10-15/h5-8,10,30H,1-4,9H2,(H,24,29)(H,23,25,27). The van der Waals surface area contributed by atoms with E-state index in [9.17, 15) is 23.9 Å². The van der Waals surface area contributed by atoms with Crippen LogP contribution in [0.2, 0.25) is 5.02 Å². The fourth-order valence-corrected chi connectivity index (χ4v) is 3.74. The second-order valence-corrected chi connectivity index (χ2v) is 7.70. The highest BCUT2D eigenvalue weighted by Crippen LogP contribution is 2.32. The molecule has 1 fully saturated rings. The fourth-order valence-electron chi connectivity index (χ4n) is 3.49. The van der Waals surface area contributed by atoms with Crippen LogP contribution in [0.1, 0.15) is 24.0 Å². The van der Waals surface area contributed by atoms with Crippen LogP contribution in [0.5, 0.6) is 0 Å². The second kappa shape index (κ2) is 8.12. The van der Waals surface area contributed by atoms with Crippen LogP contribution in [0.4, 0.5) is 20.7 Å². The van der Waals surface area contributed by atoms with Gasteiger partial charge in [-0.3, -0.25) is 9.59 Å². The fraction of sp³-hybridized carbons (Fsp3) is 0.300. The quantitative estimate of drug-likeness (QED) is 0.616. The van der Waals surface area contributed by atoms with Crippen LogP contribution >= 0.6 is 11.6 Å². The normalized spacial score (nSPS) is 20.3. The number of benzene rings is 1. The van der Waals surface area contributed by atoms with Gasteiger partial charge in [0, 0.05) is 31.0 Å². The summed E-state index contributed by atoms with van der Waals surface area (Å²) in [6.07, 6.45) is 1.03. The van der Waals surface area contributed by atoms with Crippen LogP contribution in [-0.4, -0.2) is 40.3 Å². The number of aliphatic hydroxyl groups is 1. The molecule has 3 N–H and O–H groups in total. The molecule has 0 saturated carbocycles. The van der Waals surface area contributed by atoms with E-state index in [1.165, 1.54) is 23.2 Å². The maximum Gasteiger partial charge on any atom is 0.410 e. The highest BCUT2D eigenvalue weighted by molar-refractivity contribution is 6.30. The first kappa shape index (κ1) is 21.0. The molecule has 1 saturated heterocycles. The monoisotopic (exact) mass is 448 g/mol. The molecule has 162 valence electrons. The predicted molar refractivity (Wildman–Crippen MR) is 108 cm³/mol. The number of aryl methyl sites for hydroxylation is 1. The van der Waals surface area contributed by atoms with Crippen molar-refractivity contribution in [1.29, 1.82) is 0 Å². The number of alkyl carbamates (subject to hydrolysis) is 1. The van der Waals surface area contributed by atoms with Crippen molar-refractivity contribution in [3.63, 3.8) is 0 Å². The van der Waals surface area contributed by atoms with Gasteiger partial charge in [0.05, 0.1) is 11.9 Å². The molecule has 1 aromatic heterocycles. The molecule has 3 amide bonds. The van der Waals surface area contributed by atoms with E-state index in [1.807, 2.05) is 0 Å². The molecule has 9 nitrogen and oxygen atoms in total. The largest absolute Gasteiger partial charge is 0.410 e. The van der Waals surface area contributed by atoms with Crippen molar-refractivity contribution in [1.82, 2.24) is 10.3 Å². The lowest BCUT2D eigenvalue weighted by molar-refractivity contribution is -0.175. The van der Waals surface area contributed by atoms with Crippen molar-refractivity contribution in [3.05, 3.63) is 52.4 Å². The lowest BCUT2D eigenvalue weighted by atomic mass is 10.1. The molecule has 11 heteroatoms. The third-order valence-corrected chi connectivity index (χ3v) is 5.24. The summed E-state index contributed by atoms with van der Waals surface area (Å²) in [4.78, 5) is 41.8. The summed E-state index contributed by atoms with van der Waals surface area (Å²) in [5.74, 6) is -3.39. The van der Waals surface area contributed by atoms with Crippen LogP contribution in [0, 0.1) is 5.82 Å². The summed E-state index contributed by atoms with van der Waals surface area (Å²) >= 11 is 5.77. The van der Waals surface area contributed by atoms with Crippen molar-refractivity contribution >= 4 is 41.0 Å². The van der Waals surface area contributed by atoms with Gasteiger partial charge in [-0.1, -0.05) is 11.6 Å². The lowest BCUT2D eigenvalue weighted by Crippen LogP contribution is -2.46. The SMILES string of the molecule is O=C1CCc2cc(N3CCC(O)(OC(=O)NCc4cc(F)cc(Cl)c4)C3=O)cnc2N1. The van der Waals surface area contributed by atoms with Crippen molar-refractivity contribution in [2.45, 2.75) is 31.6 Å². The molecule has 1 aromatic carbocycles. The number of amides is 3. The number of anilines is 2. The zero-order chi connectivity index (χ0) is 22.2. The molecule has 0 radical (unpaired) electrons. The van der Waals surface area contributed by atoms with E-state index in [0.717, 1.165) is 11.6 Å². The Kier molecular flexibility index (Phi) is 5.50. The molecule has 2 aliphatic rings. The number of halogens is 2. The van der Waals surface area contributed by atoms with E-state index in [2.05, 4.69) is 15.6 Å². The molecule has 0 aliphatic carbocycles. The minimum Gasteiger partial charge on any atom is -0.407 e. The minimum atomic E-state index is -2.34. The van der Waals surface area contributed by atoms with Crippen molar-refractivity contribution in [2.24, 2.45) is 0 Å². The van der Waals surface area contributed by atoms with Gasteiger partial charge in [-0.05, 0) is 41.8 Å². The Morgan fingerprint density at radius 1 is 1.32 bits per heavy atom. The number of ether oxygens (including phenoxy) is 1. The third-order valence-electron chi connectivity index (χ3n) is 5.02. The van der Waals surface area contributed by atoms with E-state index in [4.69, 9.17) is 16.3 Å². The van der Waals surface area contributed by atoms with Crippen LogP contribution in [0.25, 0.3) is 0 Å². The van der Waals surface area contributed by atoms with E-state index in [-0.39, 0.29) is 30.4 Å². The molecule has 2 aromatic rings. The topological polar surface area (TPSA) is 121 Å². The summed E-state index contributed by atoms with van der Waals surface area (Å²) in [5.41, 5.74) is 1.59. The van der Waals surface area contributed by atoms with Crippen molar-refractivity contribution < 1.29 is 28.6 Å². The van der Waals surface area contributed by atoms with E-state index >= 15 is 0 Å². The molecule has 2 aliphatic heterocycles. The number of pyridine rings is 1. The first-order valence-electron chi connectivity index (χ1n) is 9.48. The molecule has 31 heavy (non-hydrogen) atoms. The number of nitrogens with one attached hydrogen (secondary N) is 2. The summed E-state index contributed by atoms with van der Waals surface area (Å²) in [6.45, 7) is -0.000294. The predicted octanol–water partition coefficient (Wildman–Crippen LogP) is 2.11. The molecule has 3 heterocycles. The van der Waals surface area contributed by atoms with Crippen LogP contribution in [-0.2, 0) is 27.3 Å². The number of rotatable bonds is 4. The lowest BCUT2D eigenvalue weighted by Gasteiger charge is -2.23. The van der Waals surface area contributed by atoms with Crippen molar-refractivity contribution in [3.8, 4) is 0 Å². The van der Waals surface area contributed by atoms with Gasteiger partial charge in [-0.2, -0.15) is 0 Å². The summed E-state index contributed by atoms with van der Waals surface area (Å²) in [5, 5.41) is 15.8. The minimum absolute atomic E-state index is 0.106. The average molecular weight is 449 g/mol. The Morgan fingerprint density at radius 2 is 2.13 bits per heavy atom. The Bertz CT molecular complexity index is 1060. The molecule has 1 atom stereocenters. The number of carbonyl (C=O) groups is 3. The first-order valence-corrected chi connectivity index (χ1v) is 9.86. The Labute approximate surface area is 181 Å². The van der Waals surface area contributed by atoms with Gasteiger partial charge in [0.25, 0.3) is 11.7 Å². The molecule has 4 rings (SSSR count). The number of hydrogen-bond acceptors (Lipinski definition) is 6. The number of aromatic nitrogens is 1. The van der Waals surface area contributed by atoms with Gasteiger partial charge in [0.2, 0.25) is 5.91 Å². The van der Waals surface area contributed by atoms with Gasteiger partial charge >= 0.3 is 6.09 Å². The van der Waals surface area contributed by atoms with Gasteiger partial charge in [-0.15, -0.1) is 0 Å². The van der Waals surface area contributed by atoms with E-state index in [0.29, 0.717) is 29.9 Å². The summed E-state index contributed by atoms with van der Waals surface area (Å²) in [6, 6.07) is 5.49. The molecule has 0 spiro atoms. The van der Waals surface area contributed by atoms with Crippen molar-refractivity contribution in [2.75, 3.05) is 16.8 Å². The maximum absolute atomic E-state index is 13.4. The Hall–Kier alpha value is -3.24. The smallest absolute Gasteiger partial charge is 0.407 e. The number of carbonyl (C=O) groups excluding carboxylic acids is 3. The maximum atomic E-state index is 13.4. The molecule has 1 unspecified atom stereocenters. The van der Waals surface area contributed by atoms with Crippen LogP contribution in [0.3, 0.4) is 0 Å². The van der Waals surface area contributed by atoms with Crippen LogP contribution < -0.4 is 15.5 Å². The van der Waals surface area contributed by atoms with E-state index < -0.39 is 23.6 Å². The van der Waals surface area contributed by atoms with Gasteiger partial charge in [-0.25, -0.2) is 14.2 Å². The summed E-state index contributed by atoms with van der Waals surface area (Å²) < 4.78 is 18.4. The number of hydrogen-bond donors (Lipinski definition) is 3. The molecule has 0 bridgehead atoms. The Morgan fingerprint density at radius 3 is 2.90 bits per heavy atom. The summed E-state index contributed by atoms with van der Waals surface area (Å²) in [7, 11) is 0. The zero-order valence-corrected chi connectivity index (χ0v) is 16.9. The zero-order valence-electron chi connectivity index (χ0n) is 16.2. The number of nitrogens with zero attached hydrogens (tertiary/aromatic N) is 2. The third kappa shape index (κ3) is 4.44. The van der Waals surface area contributed by atoms with E-state index in [1.54, 1.807) is 6.07 Å². The first-order chi connectivity index (χ1) is 14.7.